The number of aromatic carboxylic acids is 1. The van der Waals surface area contributed by atoms with Gasteiger partial charge in [0.25, 0.3) is 0 Å². The number of rotatable bonds is 7. The lowest BCUT2D eigenvalue weighted by atomic mass is 9.76. The first-order valence-corrected chi connectivity index (χ1v) is 9.64. The van der Waals surface area contributed by atoms with Crippen LogP contribution in [0.4, 0.5) is 5.82 Å². The number of carboxylic acid groups (broad SMARTS) is 1. The molecule has 144 valence electrons. The van der Waals surface area contributed by atoms with Crippen LogP contribution in [0, 0.1) is 12.3 Å². The second-order valence-corrected chi connectivity index (χ2v) is 7.65. The molecule has 0 saturated carbocycles. The number of benzene rings is 1. The second kappa shape index (κ2) is 8.53. The minimum Gasteiger partial charge on any atom is -0.478 e. The number of anilines is 1. The molecule has 1 aromatic carbocycles. The molecule has 5 heteroatoms. The van der Waals surface area contributed by atoms with Crippen LogP contribution in [0.5, 0.6) is 0 Å². The lowest BCUT2D eigenvalue weighted by Crippen LogP contribution is -2.46. The minimum absolute atomic E-state index is 0.118. The Bertz CT molecular complexity index is 778. The summed E-state index contributed by atoms with van der Waals surface area (Å²) in [5, 5.41) is 19.7. The summed E-state index contributed by atoms with van der Waals surface area (Å²) < 4.78 is 0. The van der Waals surface area contributed by atoms with Crippen molar-refractivity contribution in [2.75, 3.05) is 24.6 Å². The monoisotopic (exact) mass is 368 g/mol. The zero-order valence-corrected chi connectivity index (χ0v) is 15.9. The van der Waals surface area contributed by atoms with Gasteiger partial charge in [-0.05, 0) is 56.7 Å². The molecule has 1 aromatic heterocycles. The summed E-state index contributed by atoms with van der Waals surface area (Å²) in [6, 6.07) is 13.8. The molecule has 0 unspecified atom stereocenters. The number of aliphatic hydroxyl groups is 1. The van der Waals surface area contributed by atoms with Gasteiger partial charge in [0, 0.05) is 24.2 Å². The standard InChI is InChI=1S/C22H28N2O3/c1-17-10-11-19(21(26)27)20(23-17)24-14-6-13-22(15-24,16-25)12-5-9-18-7-3-2-4-8-18/h2-4,7-8,10-11,25H,5-6,9,12-16H2,1H3,(H,26,27)/t22-/m0/s1. The van der Waals surface area contributed by atoms with Crippen LogP contribution in [-0.4, -0.2) is 40.9 Å². The number of carbonyl (C=O) groups is 1. The summed E-state index contributed by atoms with van der Waals surface area (Å²) in [6.45, 7) is 3.41. The van der Waals surface area contributed by atoms with E-state index in [1.54, 1.807) is 12.1 Å². The number of hydrogen-bond acceptors (Lipinski definition) is 4. The third-order valence-electron chi connectivity index (χ3n) is 5.56. The first-order chi connectivity index (χ1) is 13.0. The molecule has 1 atom stereocenters. The Morgan fingerprint density at radius 1 is 1.22 bits per heavy atom. The smallest absolute Gasteiger partial charge is 0.339 e. The maximum Gasteiger partial charge on any atom is 0.339 e. The predicted molar refractivity (Wildman–Crippen MR) is 106 cm³/mol. The van der Waals surface area contributed by atoms with Gasteiger partial charge >= 0.3 is 5.97 Å². The second-order valence-electron chi connectivity index (χ2n) is 7.65. The van der Waals surface area contributed by atoms with Crippen molar-refractivity contribution >= 4 is 11.8 Å². The third-order valence-corrected chi connectivity index (χ3v) is 5.56. The number of aryl methyl sites for hydroxylation is 2. The number of aromatic nitrogens is 1. The van der Waals surface area contributed by atoms with Gasteiger partial charge in [0.05, 0.1) is 6.61 Å². The molecule has 0 aliphatic carbocycles. The molecule has 2 aromatic rings. The van der Waals surface area contributed by atoms with E-state index in [0.717, 1.165) is 44.3 Å². The maximum absolute atomic E-state index is 11.6. The van der Waals surface area contributed by atoms with E-state index in [0.29, 0.717) is 12.4 Å². The van der Waals surface area contributed by atoms with Gasteiger partial charge in [0.1, 0.15) is 11.4 Å². The van der Waals surface area contributed by atoms with E-state index in [1.165, 1.54) is 5.56 Å². The van der Waals surface area contributed by atoms with E-state index in [1.807, 2.05) is 13.0 Å². The molecule has 1 aliphatic heterocycles. The molecule has 3 rings (SSSR count). The van der Waals surface area contributed by atoms with Gasteiger partial charge in [-0.1, -0.05) is 30.3 Å². The molecule has 0 radical (unpaired) electrons. The van der Waals surface area contributed by atoms with Gasteiger partial charge in [-0.2, -0.15) is 0 Å². The molecular formula is C22H28N2O3. The molecule has 1 saturated heterocycles. The van der Waals surface area contributed by atoms with Crippen LogP contribution in [0.3, 0.4) is 0 Å². The molecule has 1 fully saturated rings. The Hall–Kier alpha value is -2.40. The van der Waals surface area contributed by atoms with Gasteiger partial charge in [0.15, 0.2) is 0 Å². The maximum atomic E-state index is 11.6. The van der Waals surface area contributed by atoms with E-state index in [2.05, 4.69) is 34.1 Å². The Labute approximate surface area is 160 Å². The van der Waals surface area contributed by atoms with Crippen molar-refractivity contribution in [1.29, 1.82) is 0 Å². The van der Waals surface area contributed by atoms with Crippen molar-refractivity contribution in [3.05, 3.63) is 59.3 Å². The van der Waals surface area contributed by atoms with Crippen LogP contribution in [0.1, 0.15) is 47.3 Å². The zero-order valence-electron chi connectivity index (χ0n) is 15.9. The molecule has 2 heterocycles. The van der Waals surface area contributed by atoms with Crippen LogP contribution < -0.4 is 4.90 Å². The third kappa shape index (κ3) is 4.66. The number of pyridine rings is 1. The van der Waals surface area contributed by atoms with Gasteiger partial charge in [-0.25, -0.2) is 9.78 Å². The summed E-state index contributed by atoms with van der Waals surface area (Å²) in [4.78, 5) is 18.2. The normalized spacial score (nSPS) is 19.9. The molecule has 0 bridgehead atoms. The van der Waals surface area contributed by atoms with Crippen molar-refractivity contribution in [3.63, 3.8) is 0 Å². The minimum atomic E-state index is -0.957. The van der Waals surface area contributed by atoms with Crippen molar-refractivity contribution in [1.82, 2.24) is 4.98 Å². The van der Waals surface area contributed by atoms with Crippen LogP contribution >= 0.6 is 0 Å². The predicted octanol–water partition coefficient (Wildman–Crippen LogP) is 3.69. The average Bonchev–Trinajstić information content (AvgIpc) is 2.68. The Morgan fingerprint density at radius 2 is 2.00 bits per heavy atom. The lowest BCUT2D eigenvalue weighted by molar-refractivity contribution is 0.0695. The fourth-order valence-corrected chi connectivity index (χ4v) is 4.06. The fourth-order valence-electron chi connectivity index (χ4n) is 4.06. The molecule has 0 spiro atoms. The highest BCUT2D eigenvalue weighted by Gasteiger charge is 2.36. The highest BCUT2D eigenvalue weighted by Crippen LogP contribution is 2.37. The summed E-state index contributed by atoms with van der Waals surface area (Å²) in [5.74, 6) is -0.426. The van der Waals surface area contributed by atoms with Crippen LogP contribution in [-0.2, 0) is 6.42 Å². The Balaban J connectivity index is 1.73. The van der Waals surface area contributed by atoms with Gasteiger partial charge in [-0.3, -0.25) is 0 Å². The largest absolute Gasteiger partial charge is 0.478 e. The Morgan fingerprint density at radius 3 is 2.70 bits per heavy atom. The first kappa shape index (κ1) is 19.4. The van der Waals surface area contributed by atoms with Crippen LogP contribution in [0.15, 0.2) is 42.5 Å². The summed E-state index contributed by atoms with van der Waals surface area (Å²) in [6.07, 6.45) is 4.81. The molecule has 2 N–H and O–H groups in total. The topological polar surface area (TPSA) is 73.7 Å². The van der Waals surface area contributed by atoms with Crippen molar-refractivity contribution < 1.29 is 15.0 Å². The van der Waals surface area contributed by atoms with Gasteiger partial charge in [0.2, 0.25) is 0 Å². The number of piperidine rings is 1. The van der Waals surface area contributed by atoms with Crippen LogP contribution in [0.2, 0.25) is 0 Å². The van der Waals surface area contributed by atoms with E-state index >= 15 is 0 Å². The number of aliphatic hydroxyl groups excluding tert-OH is 1. The van der Waals surface area contributed by atoms with Crippen molar-refractivity contribution in [3.8, 4) is 0 Å². The van der Waals surface area contributed by atoms with Crippen molar-refractivity contribution in [2.24, 2.45) is 5.41 Å². The van der Waals surface area contributed by atoms with E-state index in [-0.39, 0.29) is 17.6 Å². The van der Waals surface area contributed by atoms with Crippen LogP contribution in [0.25, 0.3) is 0 Å². The van der Waals surface area contributed by atoms with E-state index < -0.39 is 5.97 Å². The van der Waals surface area contributed by atoms with Crippen molar-refractivity contribution in [2.45, 2.75) is 39.0 Å². The average molecular weight is 368 g/mol. The van der Waals surface area contributed by atoms with E-state index in [9.17, 15) is 15.0 Å². The summed E-state index contributed by atoms with van der Waals surface area (Å²) in [7, 11) is 0. The highest BCUT2D eigenvalue weighted by molar-refractivity contribution is 5.93. The SMILES string of the molecule is Cc1ccc(C(=O)O)c(N2CCC[C@@](CO)(CCCc3ccccc3)C2)n1. The molecule has 1 aliphatic rings. The summed E-state index contributed by atoms with van der Waals surface area (Å²) >= 11 is 0. The highest BCUT2D eigenvalue weighted by atomic mass is 16.4. The number of hydrogen-bond donors (Lipinski definition) is 2. The number of nitrogens with zero attached hydrogens (tertiary/aromatic N) is 2. The summed E-state index contributed by atoms with van der Waals surface area (Å²) in [5.41, 5.74) is 2.15. The zero-order chi connectivity index (χ0) is 19.3. The first-order valence-electron chi connectivity index (χ1n) is 9.64. The quantitative estimate of drug-likeness (QED) is 0.780. The number of carboxylic acids is 1. The van der Waals surface area contributed by atoms with Gasteiger partial charge < -0.3 is 15.1 Å². The van der Waals surface area contributed by atoms with E-state index in [4.69, 9.17) is 0 Å². The fraction of sp³-hybridized carbons (Fsp3) is 0.455. The van der Waals surface area contributed by atoms with Gasteiger partial charge in [-0.15, -0.1) is 0 Å². The molecular weight excluding hydrogens is 340 g/mol. The lowest BCUT2D eigenvalue weighted by Gasteiger charge is -2.43. The Kier molecular flexibility index (Phi) is 6.11. The molecule has 5 nitrogen and oxygen atoms in total. The molecule has 0 amide bonds. The molecule has 27 heavy (non-hydrogen) atoms.